The average Bonchev–Trinajstić information content (AvgIpc) is 2.39. The standard InChI is InChI=1S/C15H13BrF2O/c1-9-2-4-10(5-3-9)8-13(19)11-6-7-12(17)15(18)14(11)16/h2-7,13,19H,8H2,1H3. The van der Waals surface area contributed by atoms with Crippen LogP contribution in [-0.2, 0) is 6.42 Å². The van der Waals surface area contributed by atoms with Gasteiger partial charge in [0.15, 0.2) is 11.6 Å². The molecule has 0 aromatic heterocycles. The van der Waals surface area contributed by atoms with Crippen LogP contribution < -0.4 is 0 Å². The minimum atomic E-state index is -0.972. The minimum absolute atomic E-state index is 0.0212. The van der Waals surface area contributed by atoms with E-state index in [4.69, 9.17) is 0 Å². The van der Waals surface area contributed by atoms with Crippen molar-refractivity contribution in [2.24, 2.45) is 0 Å². The summed E-state index contributed by atoms with van der Waals surface area (Å²) < 4.78 is 26.4. The van der Waals surface area contributed by atoms with Gasteiger partial charge in [-0.1, -0.05) is 35.9 Å². The largest absolute Gasteiger partial charge is 0.388 e. The van der Waals surface area contributed by atoms with Gasteiger partial charge >= 0.3 is 0 Å². The predicted molar refractivity (Wildman–Crippen MR) is 73.9 cm³/mol. The molecule has 0 saturated heterocycles. The molecule has 0 radical (unpaired) electrons. The van der Waals surface area contributed by atoms with Crippen LogP contribution in [-0.4, -0.2) is 5.11 Å². The summed E-state index contributed by atoms with van der Waals surface area (Å²) in [5.74, 6) is -1.90. The Kier molecular flexibility index (Phi) is 4.32. The quantitative estimate of drug-likeness (QED) is 0.833. The number of benzene rings is 2. The Balaban J connectivity index is 2.23. The molecule has 0 aliphatic heterocycles. The number of hydrogen-bond donors (Lipinski definition) is 1. The molecular weight excluding hydrogens is 314 g/mol. The maximum Gasteiger partial charge on any atom is 0.173 e. The smallest absolute Gasteiger partial charge is 0.173 e. The van der Waals surface area contributed by atoms with Crippen LogP contribution in [0.15, 0.2) is 40.9 Å². The number of halogens is 3. The van der Waals surface area contributed by atoms with E-state index in [2.05, 4.69) is 15.9 Å². The molecule has 1 atom stereocenters. The molecular formula is C15H13BrF2O. The summed E-state index contributed by atoms with van der Waals surface area (Å²) in [7, 11) is 0. The summed E-state index contributed by atoms with van der Waals surface area (Å²) >= 11 is 2.98. The van der Waals surface area contributed by atoms with E-state index in [9.17, 15) is 13.9 Å². The van der Waals surface area contributed by atoms with Crippen LogP contribution in [0.5, 0.6) is 0 Å². The van der Waals surface area contributed by atoms with Gasteiger partial charge in [0.05, 0.1) is 10.6 Å². The van der Waals surface area contributed by atoms with Gasteiger partial charge < -0.3 is 5.11 Å². The van der Waals surface area contributed by atoms with E-state index in [-0.39, 0.29) is 4.47 Å². The van der Waals surface area contributed by atoms with Crippen molar-refractivity contribution in [1.29, 1.82) is 0 Å². The minimum Gasteiger partial charge on any atom is -0.388 e. The molecule has 0 aliphatic rings. The summed E-state index contributed by atoms with van der Waals surface area (Å²) in [6, 6.07) is 10.1. The van der Waals surface area contributed by atoms with Crippen molar-refractivity contribution in [3.63, 3.8) is 0 Å². The average molecular weight is 327 g/mol. The highest BCUT2D eigenvalue weighted by atomic mass is 79.9. The second-order valence-electron chi connectivity index (χ2n) is 4.47. The Labute approximate surface area is 119 Å². The lowest BCUT2D eigenvalue weighted by molar-refractivity contribution is 0.177. The summed E-state index contributed by atoms with van der Waals surface area (Å²) in [6.07, 6.45) is -0.531. The molecule has 1 unspecified atom stereocenters. The SMILES string of the molecule is Cc1ccc(CC(O)c2ccc(F)c(F)c2Br)cc1. The first-order valence-electron chi connectivity index (χ1n) is 5.86. The maximum atomic E-state index is 13.4. The van der Waals surface area contributed by atoms with Crippen molar-refractivity contribution in [3.05, 3.63) is 69.2 Å². The Morgan fingerprint density at radius 3 is 2.37 bits per heavy atom. The van der Waals surface area contributed by atoms with Crippen molar-refractivity contribution in [2.45, 2.75) is 19.4 Å². The zero-order valence-electron chi connectivity index (χ0n) is 10.3. The maximum absolute atomic E-state index is 13.4. The number of aryl methyl sites for hydroxylation is 1. The number of aliphatic hydroxyl groups excluding tert-OH is 1. The van der Waals surface area contributed by atoms with Crippen LogP contribution in [0.25, 0.3) is 0 Å². The second-order valence-corrected chi connectivity index (χ2v) is 5.26. The molecule has 0 amide bonds. The summed E-state index contributed by atoms with van der Waals surface area (Å²) in [4.78, 5) is 0. The fourth-order valence-corrected chi connectivity index (χ4v) is 2.44. The molecule has 0 bridgehead atoms. The third-order valence-corrected chi connectivity index (χ3v) is 3.78. The van der Waals surface area contributed by atoms with Gasteiger partial charge in [-0.25, -0.2) is 8.78 Å². The lowest BCUT2D eigenvalue weighted by Crippen LogP contribution is -2.04. The zero-order chi connectivity index (χ0) is 14.0. The van der Waals surface area contributed by atoms with Gasteiger partial charge in [0.25, 0.3) is 0 Å². The molecule has 4 heteroatoms. The molecule has 0 heterocycles. The van der Waals surface area contributed by atoms with Gasteiger partial charge in [-0.15, -0.1) is 0 Å². The van der Waals surface area contributed by atoms with Crippen molar-refractivity contribution >= 4 is 15.9 Å². The topological polar surface area (TPSA) is 20.2 Å². The monoisotopic (exact) mass is 326 g/mol. The molecule has 0 fully saturated rings. The van der Waals surface area contributed by atoms with E-state index in [1.807, 2.05) is 31.2 Å². The molecule has 0 saturated carbocycles. The van der Waals surface area contributed by atoms with Crippen LogP contribution in [0.3, 0.4) is 0 Å². The predicted octanol–water partition coefficient (Wildman–Crippen LogP) is 4.31. The molecule has 0 spiro atoms. The first-order chi connectivity index (χ1) is 8.99. The normalized spacial score (nSPS) is 12.5. The fourth-order valence-electron chi connectivity index (χ4n) is 1.86. The molecule has 1 N–H and O–H groups in total. The third-order valence-electron chi connectivity index (χ3n) is 2.97. The van der Waals surface area contributed by atoms with Crippen LogP contribution in [0.4, 0.5) is 8.78 Å². The van der Waals surface area contributed by atoms with E-state index in [1.54, 1.807) is 0 Å². The summed E-state index contributed by atoms with van der Waals surface area (Å²) in [5, 5.41) is 10.1. The van der Waals surface area contributed by atoms with Gasteiger partial charge in [0.1, 0.15) is 0 Å². The Morgan fingerprint density at radius 1 is 1.11 bits per heavy atom. The Morgan fingerprint density at radius 2 is 1.74 bits per heavy atom. The lowest BCUT2D eigenvalue weighted by atomic mass is 10.0. The van der Waals surface area contributed by atoms with Crippen LogP contribution in [0, 0.1) is 18.6 Å². The number of aliphatic hydroxyl groups is 1. The van der Waals surface area contributed by atoms with Crippen molar-refractivity contribution in [3.8, 4) is 0 Å². The Hall–Kier alpha value is -1.26. The zero-order valence-corrected chi connectivity index (χ0v) is 11.9. The van der Waals surface area contributed by atoms with Gasteiger partial charge in [-0.05, 0) is 40.0 Å². The van der Waals surface area contributed by atoms with E-state index in [0.29, 0.717) is 12.0 Å². The van der Waals surface area contributed by atoms with Crippen molar-refractivity contribution in [1.82, 2.24) is 0 Å². The number of hydrogen-bond acceptors (Lipinski definition) is 1. The van der Waals surface area contributed by atoms with Gasteiger partial charge in [-0.2, -0.15) is 0 Å². The highest BCUT2D eigenvalue weighted by Gasteiger charge is 2.17. The van der Waals surface area contributed by atoms with Crippen LogP contribution in [0.1, 0.15) is 22.8 Å². The van der Waals surface area contributed by atoms with E-state index < -0.39 is 17.7 Å². The highest BCUT2D eigenvalue weighted by molar-refractivity contribution is 9.10. The van der Waals surface area contributed by atoms with Crippen molar-refractivity contribution in [2.75, 3.05) is 0 Å². The second kappa shape index (κ2) is 5.80. The molecule has 2 rings (SSSR count). The third kappa shape index (κ3) is 3.19. The highest BCUT2D eigenvalue weighted by Crippen LogP contribution is 2.29. The van der Waals surface area contributed by atoms with Crippen LogP contribution >= 0.6 is 15.9 Å². The molecule has 2 aromatic carbocycles. The first-order valence-corrected chi connectivity index (χ1v) is 6.65. The van der Waals surface area contributed by atoms with Crippen molar-refractivity contribution < 1.29 is 13.9 Å². The van der Waals surface area contributed by atoms with Crippen LogP contribution in [0.2, 0.25) is 0 Å². The number of rotatable bonds is 3. The molecule has 2 aromatic rings. The van der Waals surface area contributed by atoms with E-state index in [1.165, 1.54) is 6.07 Å². The summed E-state index contributed by atoms with van der Waals surface area (Å²) in [6.45, 7) is 1.98. The molecule has 0 aliphatic carbocycles. The molecule has 1 nitrogen and oxygen atoms in total. The van der Waals surface area contributed by atoms with Gasteiger partial charge in [0, 0.05) is 6.42 Å². The van der Waals surface area contributed by atoms with E-state index in [0.717, 1.165) is 17.2 Å². The van der Waals surface area contributed by atoms with E-state index >= 15 is 0 Å². The van der Waals surface area contributed by atoms with Gasteiger partial charge in [-0.3, -0.25) is 0 Å². The lowest BCUT2D eigenvalue weighted by Gasteiger charge is -2.14. The fraction of sp³-hybridized carbons (Fsp3) is 0.200. The Bertz CT molecular complexity index is 581. The summed E-state index contributed by atoms with van der Waals surface area (Å²) in [5.41, 5.74) is 2.42. The molecule has 100 valence electrons. The van der Waals surface area contributed by atoms with Gasteiger partial charge in [0.2, 0.25) is 0 Å². The molecule has 19 heavy (non-hydrogen) atoms. The first kappa shape index (κ1) is 14.2.